The first kappa shape index (κ1) is 22.9. The average molecular weight is 434 g/mol. The van der Waals surface area contributed by atoms with Crippen molar-refractivity contribution in [2.75, 3.05) is 32.8 Å². The van der Waals surface area contributed by atoms with Gasteiger partial charge in [0.25, 0.3) is 12.3 Å². The van der Waals surface area contributed by atoms with Crippen molar-refractivity contribution in [3.8, 4) is 0 Å². The van der Waals surface area contributed by atoms with Gasteiger partial charge in [-0.25, -0.2) is 18.3 Å². The molecule has 0 unspecified atom stereocenters. The molecule has 0 bridgehead atoms. The quantitative estimate of drug-likeness (QED) is 0.624. The average Bonchev–Trinajstić information content (AvgIpc) is 3.18. The second-order valence-corrected chi connectivity index (χ2v) is 7.79. The Bertz CT molecular complexity index is 904. The Kier molecular flexibility index (Phi) is 7.37. The highest BCUT2D eigenvalue weighted by Crippen LogP contribution is 2.24. The van der Waals surface area contributed by atoms with Crippen LogP contribution in [0.3, 0.4) is 0 Å². The number of benzene rings is 1. The number of carbonyl (C=O) groups excluding carboxylic acids is 2. The smallest absolute Gasteiger partial charge is 0.341 e. The Morgan fingerprint density at radius 3 is 2.29 bits per heavy atom. The molecule has 0 saturated carbocycles. The van der Waals surface area contributed by atoms with E-state index in [1.54, 1.807) is 11.8 Å². The molecule has 3 rings (SSSR count). The number of carbonyl (C=O) groups is 2. The number of nitrogens with zero attached hydrogens (tertiary/aromatic N) is 4. The van der Waals surface area contributed by atoms with Crippen molar-refractivity contribution in [2.24, 2.45) is 0 Å². The summed E-state index contributed by atoms with van der Waals surface area (Å²) in [6, 6.07) is 7.64. The fraction of sp³-hybridized carbons (Fsp3) is 0.500. The minimum atomic E-state index is -2.85. The van der Waals surface area contributed by atoms with Crippen LogP contribution >= 0.6 is 0 Å². The molecule has 1 amide bonds. The number of rotatable bonds is 7. The number of ether oxygens (including phenoxy) is 1. The summed E-state index contributed by atoms with van der Waals surface area (Å²) in [5.74, 6) is -0.438. The van der Waals surface area contributed by atoms with Gasteiger partial charge in [0.05, 0.1) is 19.5 Å². The lowest BCUT2D eigenvalue weighted by atomic mass is 10.0. The summed E-state index contributed by atoms with van der Waals surface area (Å²) in [6.45, 7) is 8.05. The van der Waals surface area contributed by atoms with Crippen LogP contribution in [0.5, 0.6) is 0 Å². The Hall–Kier alpha value is -2.81. The molecular formula is C22H28F2N4O3. The largest absolute Gasteiger partial charge is 0.462 e. The van der Waals surface area contributed by atoms with Gasteiger partial charge in [-0.05, 0) is 30.5 Å². The second-order valence-electron chi connectivity index (χ2n) is 7.79. The van der Waals surface area contributed by atoms with Crippen LogP contribution in [0.4, 0.5) is 8.78 Å². The third kappa shape index (κ3) is 5.28. The molecule has 2 heterocycles. The number of hydrogen-bond acceptors (Lipinski definition) is 5. The summed E-state index contributed by atoms with van der Waals surface area (Å²) in [5, 5.41) is 3.97. The molecule has 0 aliphatic carbocycles. The van der Waals surface area contributed by atoms with E-state index in [0.717, 1.165) is 10.9 Å². The molecule has 1 aromatic carbocycles. The number of aromatic nitrogens is 2. The van der Waals surface area contributed by atoms with Gasteiger partial charge in [-0.1, -0.05) is 26.0 Å². The van der Waals surface area contributed by atoms with Crippen molar-refractivity contribution in [2.45, 2.75) is 39.8 Å². The van der Waals surface area contributed by atoms with Gasteiger partial charge < -0.3 is 9.64 Å². The van der Waals surface area contributed by atoms with Gasteiger partial charge in [0.15, 0.2) is 0 Å². The molecule has 168 valence electrons. The van der Waals surface area contributed by atoms with E-state index in [-0.39, 0.29) is 24.7 Å². The first-order chi connectivity index (χ1) is 14.8. The van der Waals surface area contributed by atoms with Crippen molar-refractivity contribution >= 4 is 11.9 Å². The number of alkyl halides is 2. The minimum absolute atomic E-state index is 0.0353. The van der Waals surface area contributed by atoms with Gasteiger partial charge >= 0.3 is 5.97 Å². The molecule has 1 saturated heterocycles. The Morgan fingerprint density at radius 2 is 1.74 bits per heavy atom. The molecule has 0 atom stereocenters. The number of esters is 1. The normalized spacial score (nSPS) is 15.0. The van der Waals surface area contributed by atoms with Gasteiger partial charge in [-0.3, -0.25) is 9.69 Å². The molecular weight excluding hydrogens is 406 g/mol. The topological polar surface area (TPSA) is 67.7 Å². The van der Waals surface area contributed by atoms with Crippen LogP contribution in [-0.4, -0.2) is 64.2 Å². The zero-order valence-electron chi connectivity index (χ0n) is 18.1. The zero-order chi connectivity index (χ0) is 22.5. The Labute approximate surface area is 180 Å². The summed E-state index contributed by atoms with van der Waals surface area (Å²) in [6.07, 6.45) is -1.72. The van der Waals surface area contributed by atoms with E-state index in [1.165, 1.54) is 5.56 Å². The van der Waals surface area contributed by atoms with Crippen LogP contribution in [-0.2, 0) is 11.4 Å². The maximum absolute atomic E-state index is 13.6. The van der Waals surface area contributed by atoms with E-state index in [9.17, 15) is 18.4 Å². The zero-order valence-corrected chi connectivity index (χ0v) is 18.1. The number of amides is 1. The third-order valence-corrected chi connectivity index (χ3v) is 5.40. The van der Waals surface area contributed by atoms with E-state index in [1.807, 2.05) is 29.2 Å². The molecule has 1 aliphatic rings. The van der Waals surface area contributed by atoms with Gasteiger partial charge in [-0.2, -0.15) is 5.10 Å². The number of hydrogen-bond donors (Lipinski definition) is 0. The molecule has 0 N–H and O–H groups in total. The van der Waals surface area contributed by atoms with Crippen LogP contribution in [0.15, 0.2) is 30.5 Å². The van der Waals surface area contributed by atoms with Crippen molar-refractivity contribution in [1.82, 2.24) is 19.6 Å². The van der Waals surface area contributed by atoms with E-state index in [2.05, 4.69) is 18.9 Å². The Morgan fingerprint density at radius 1 is 1.10 bits per heavy atom. The lowest BCUT2D eigenvalue weighted by Crippen LogP contribution is -2.49. The summed E-state index contributed by atoms with van der Waals surface area (Å²) in [4.78, 5) is 28.4. The highest BCUT2D eigenvalue weighted by Gasteiger charge is 2.28. The highest BCUT2D eigenvalue weighted by molar-refractivity contribution is 5.94. The van der Waals surface area contributed by atoms with E-state index in [0.29, 0.717) is 37.7 Å². The summed E-state index contributed by atoms with van der Waals surface area (Å²) < 4.78 is 33.1. The molecule has 7 nitrogen and oxygen atoms in total. The van der Waals surface area contributed by atoms with Crippen LogP contribution in [0.25, 0.3) is 0 Å². The molecule has 1 fully saturated rings. The molecule has 2 aromatic rings. The summed E-state index contributed by atoms with van der Waals surface area (Å²) >= 11 is 0. The molecule has 1 aromatic heterocycles. The van der Waals surface area contributed by atoms with E-state index in [4.69, 9.17) is 4.74 Å². The monoisotopic (exact) mass is 434 g/mol. The van der Waals surface area contributed by atoms with Crippen LogP contribution in [0.2, 0.25) is 0 Å². The van der Waals surface area contributed by atoms with E-state index < -0.39 is 18.1 Å². The third-order valence-electron chi connectivity index (χ3n) is 5.40. The molecule has 0 spiro atoms. The predicted molar refractivity (Wildman–Crippen MR) is 111 cm³/mol. The molecule has 1 aliphatic heterocycles. The first-order valence-corrected chi connectivity index (χ1v) is 10.4. The number of piperazine rings is 1. The van der Waals surface area contributed by atoms with Crippen LogP contribution in [0, 0.1) is 0 Å². The molecule has 0 radical (unpaired) electrons. The fourth-order valence-electron chi connectivity index (χ4n) is 3.58. The number of halogens is 2. The van der Waals surface area contributed by atoms with Crippen LogP contribution < -0.4 is 0 Å². The van der Waals surface area contributed by atoms with Gasteiger partial charge in [-0.15, -0.1) is 0 Å². The van der Waals surface area contributed by atoms with Crippen molar-refractivity contribution < 1.29 is 23.1 Å². The van der Waals surface area contributed by atoms with Gasteiger partial charge in [0.1, 0.15) is 11.3 Å². The van der Waals surface area contributed by atoms with Crippen molar-refractivity contribution in [1.29, 1.82) is 0 Å². The van der Waals surface area contributed by atoms with Crippen molar-refractivity contribution in [3.63, 3.8) is 0 Å². The maximum Gasteiger partial charge on any atom is 0.341 e. The second kappa shape index (κ2) is 10.00. The minimum Gasteiger partial charge on any atom is -0.462 e. The predicted octanol–water partition coefficient (Wildman–Crippen LogP) is 3.54. The fourth-order valence-corrected chi connectivity index (χ4v) is 3.58. The lowest BCUT2D eigenvalue weighted by Gasteiger charge is -2.34. The molecule has 9 heteroatoms. The Balaban J connectivity index is 1.61. The summed E-state index contributed by atoms with van der Waals surface area (Å²) in [7, 11) is 0. The lowest BCUT2D eigenvalue weighted by molar-refractivity contribution is 0.0500. The SMILES string of the molecule is CCOC(=O)c1cnn(CN2CCN(C(=O)c3ccc(C(C)C)cc3)CC2)c1C(F)F. The summed E-state index contributed by atoms with van der Waals surface area (Å²) in [5.41, 5.74) is 1.17. The maximum atomic E-state index is 13.6. The van der Waals surface area contributed by atoms with Crippen molar-refractivity contribution in [3.05, 3.63) is 52.8 Å². The van der Waals surface area contributed by atoms with E-state index >= 15 is 0 Å². The molecule has 31 heavy (non-hydrogen) atoms. The first-order valence-electron chi connectivity index (χ1n) is 10.4. The van der Waals surface area contributed by atoms with Gasteiger partial charge in [0, 0.05) is 31.7 Å². The standard InChI is InChI=1S/C22H28F2N4O3/c1-4-31-22(30)18-13-25-28(19(18)20(23)24)14-26-9-11-27(12-10-26)21(29)17-7-5-16(6-8-17)15(2)3/h5-8,13,15,20H,4,9-12,14H2,1-3H3. The van der Waals surface area contributed by atoms with Gasteiger partial charge in [0.2, 0.25) is 0 Å². The highest BCUT2D eigenvalue weighted by atomic mass is 19.3. The van der Waals surface area contributed by atoms with Crippen LogP contribution in [0.1, 0.15) is 65.1 Å².